The van der Waals surface area contributed by atoms with Gasteiger partial charge in [-0.25, -0.2) is 4.79 Å². The first-order valence-corrected chi connectivity index (χ1v) is 13.8. The van der Waals surface area contributed by atoms with Gasteiger partial charge in [0.2, 0.25) is 0 Å². The topological polar surface area (TPSA) is 74.2 Å². The van der Waals surface area contributed by atoms with Crippen molar-refractivity contribution < 1.29 is 28.8 Å². The third kappa shape index (κ3) is 8.76. The van der Waals surface area contributed by atoms with Gasteiger partial charge in [0, 0.05) is 6.61 Å². The summed E-state index contributed by atoms with van der Waals surface area (Å²) < 4.78 is 21.8. The maximum absolute atomic E-state index is 11.2. The zero-order chi connectivity index (χ0) is 25.0. The Morgan fingerprint density at radius 3 is 2.63 bits per heavy atom. The quantitative estimate of drug-likeness (QED) is 0.339. The van der Waals surface area contributed by atoms with Crippen molar-refractivity contribution in [3.63, 3.8) is 0 Å². The molecule has 4 rings (SSSR count). The Morgan fingerprint density at radius 1 is 1.14 bits per heavy atom. The molecular formula is C29H46O6. The minimum absolute atomic E-state index is 0.0519. The van der Waals surface area contributed by atoms with Crippen molar-refractivity contribution in [1.82, 2.24) is 0 Å². The van der Waals surface area contributed by atoms with Crippen molar-refractivity contribution in [3.05, 3.63) is 29.3 Å². The maximum Gasteiger partial charge on any atom is 0.343 e. The van der Waals surface area contributed by atoms with Gasteiger partial charge >= 0.3 is 5.97 Å². The molecule has 1 N–H and O–H groups in total. The first-order valence-electron chi connectivity index (χ1n) is 13.8. The van der Waals surface area contributed by atoms with Crippen LogP contribution in [-0.4, -0.2) is 49.9 Å². The van der Waals surface area contributed by atoms with E-state index in [0.717, 1.165) is 50.9 Å². The van der Waals surface area contributed by atoms with E-state index in [1.54, 1.807) is 0 Å². The van der Waals surface area contributed by atoms with Crippen LogP contribution in [0.5, 0.6) is 5.75 Å². The van der Waals surface area contributed by atoms with Gasteiger partial charge in [-0.1, -0.05) is 45.2 Å². The third-order valence-electron chi connectivity index (χ3n) is 7.64. The number of hydrogen-bond donors (Lipinski definition) is 1. The van der Waals surface area contributed by atoms with E-state index in [1.807, 2.05) is 12.1 Å². The van der Waals surface area contributed by atoms with Gasteiger partial charge in [-0.15, -0.1) is 0 Å². The first-order chi connectivity index (χ1) is 17.0. The number of methoxy groups -OCH3 is 1. The highest BCUT2D eigenvalue weighted by molar-refractivity contribution is 5.71. The fourth-order valence-corrected chi connectivity index (χ4v) is 5.61. The van der Waals surface area contributed by atoms with Crippen LogP contribution in [0, 0.1) is 11.8 Å². The van der Waals surface area contributed by atoms with Gasteiger partial charge in [0.25, 0.3) is 0 Å². The highest BCUT2D eigenvalue weighted by Crippen LogP contribution is 2.43. The number of aliphatic hydroxyl groups is 1. The molecule has 198 valence electrons. The number of ether oxygens (including phenoxy) is 4. The molecule has 2 fully saturated rings. The van der Waals surface area contributed by atoms with Crippen LogP contribution in [0.15, 0.2) is 18.2 Å². The Kier molecular flexibility index (Phi) is 11.8. The molecule has 3 aliphatic rings. The van der Waals surface area contributed by atoms with Gasteiger partial charge in [0.05, 0.1) is 19.3 Å². The van der Waals surface area contributed by atoms with Crippen molar-refractivity contribution in [1.29, 1.82) is 0 Å². The zero-order valence-electron chi connectivity index (χ0n) is 22.0. The standard InChI is InChI=1S/C16H20O4.C13H26O2/c1-19-16(18)9-20-15-4-2-3-10-5-11-6-13(17)7-12(11)8-14(10)15;1-3-5-6-9-12(4-2)15-13-10-7-8-11-14-13/h2-4,11-13,17H,5-9H2,1H3;12-13H,3-11H2,1-2H3/t11-,12?,13+;12-,13?/m11/s1. The Balaban J connectivity index is 0.000000205. The number of esters is 1. The molecule has 6 heteroatoms. The second-order valence-electron chi connectivity index (χ2n) is 10.3. The van der Waals surface area contributed by atoms with Crippen LogP contribution in [0.4, 0.5) is 0 Å². The van der Waals surface area contributed by atoms with E-state index < -0.39 is 0 Å². The molecule has 2 unspecified atom stereocenters. The lowest BCUT2D eigenvalue weighted by Gasteiger charge is -2.28. The summed E-state index contributed by atoms with van der Waals surface area (Å²) in [6, 6.07) is 6.01. The molecule has 0 spiro atoms. The molecule has 1 aromatic carbocycles. The van der Waals surface area contributed by atoms with E-state index in [-0.39, 0.29) is 25.0 Å². The summed E-state index contributed by atoms with van der Waals surface area (Å²) in [5.74, 6) is 1.55. The summed E-state index contributed by atoms with van der Waals surface area (Å²) in [5, 5.41) is 9.82. The van der Waals surface area contributed by atoms with Crippen LogP contribution < -0.4 is 4.74 Å². The first kappa shape index (κ1) is 27.9. The average Bonchev–Trinajstić information content (AvgIpc) is 3.25. The number of fused-ring (bicyclic) bond motifs is 2. The van der Waals surface area contributed by atoms with Gasteiger partial charge in [0.15, 0.2) is 12.9 Å². The van der Waals surface area contributed by atoms with Gasteiger partial charge in [0.1, 0.15) is 5.75 Å². The molecule has 5 atom stereocenters. The van der Waals surface area contributed by atoms with Gasteiger partial charge in [-0.2, -0.15) is 0 Å². The number of hydrogen-bond acceptors (Lipinski definition) is 6. The summed E-state index contributed by atoms with van der Waals surface area (Å²) in [5.41, 5.74) is 2.49. The monoisotopic (exact) mass is 490 g/mol. The molecule has 6 nitrogen and oxygen atoms in total. The highest BCUT2D eigenvalue weighted by atomic mass is 16.7. The van der Waals surface area contributed by atoms with Crippen LogP contribution >= 0.6 is 0 Å². The van der Waals surface area contributed by atoms with Gasteiger partial charge < -0.3 is 24.1 Å². The van der Waals surface area contributed by atoms with Gasteiger partial charge in [-0.3, -0.25) is 0 Å². The van der Waals surface area contributed by atoms with Crippen LogP contribution in [0.25, 0.3) is 0 Å². The molecule has 0 amide bonds. The van der Waals surface area contributed by atoms with Gasteiger partial charge in [-0.05, 0) is 86.8 Å². The van der Waals surface area contributed by atoms with Crippen molar-refractivity contribution in [3.8, 4) is 5.75 Å². The Labute approximate surface area is 211 Å². The smallest absolute Gasteiger partial charge is 0.343 e. The average molecular weight is 491 g/mol. The number of aliphatic hydroxyl groups excluding tert-OH is 1. The molecule has 0 bridgehead atoms. The molecule has 35 heavy (non-hydrogen) atoms. The van der Waals surface area contributed by atoms with Crippen LogP contribution in [-0.2, 0) is 31.8 Å². The molecule has 1 aromatic rings. The predicted octanol–water partition coefficient (Wildman–Crippen LogP) is 5.61. The normalized spacial score (nSPS) is 26.1. The number of rotatable bonds is 10. The van der Waals surface area contributed by atoms with E-state index >= 15 is 0 Å². The highest BCUT2D eigenvalue weighted by Gasteiger charge is 2.37. The molecule has 1 heterocycles. The van der Waals surface area contributed by atoms with Crippen molar-refractivity contribution in [2.24, 2.45) is 11.8 Å². The molecule has 1 saturated heterocycles. The molecule has 0 aromatic heterocycles. The number of benzene rings is 1. The minimum atomic E-state index is -0.368. The molecule has 1 saturated carbocycles. The van der Waals surface area contributed by atoms with Crippen molar-refractivity contribution in [2.75, 3.05) is 20.3 Å². The lowest BCUT2D eigenvalue weighted by Crippen LogP contribution is -2.27. The number of unbranched alkanes of at least 4 members (excludes halogenated alkanes) is 2. The second-order valence-corrected chi connectivity index (χ2v) is 10.3. The van der Waals surface area contributed by atoms with Crippen LogP contribution in [0.1, 0.15) is 89.2 Å². The predicted molar refractivity (Wildman–Crippen MR) is 136 cm³/mol. The second kappa shape index (κ2) is 14.8. The largest absolute Gasteiger partial charge is 0.482 e. The molecule has 2 aliphatic carbocycles. The fourth-order valence-electron chi connectivity index (χ4n) is 5.61. The van der Waals surface area contributed by atoms with Crippen LogP contribution in [0.2, 0.25) is 0 Å². The lowest BCUT2D eigenvalue weighted by atomic mass is 9.77. The molecule has 1 aliphatic heterocycles. The Bertz CT molecular complexity index is 760. The summed E-state index contributed by atoms with van der Waals surface area (Å²) >= 11 is 0. The van der Waals surface area contributed by atoms with E-state index in [4.69, 9.17) is 14.2 Å². The molecular weight excluding hydrogens is 444 g/mol. The summed E-state index contributed by atoms with van der Waals surface area (Å²) in [6.45, 7) is 5.28. The van der Waals surface area contributed by atoms with E-state index in [0.29, 0.717) is 17.9 Å². The maximum atomic E-state index is 11.2. The zero-order valence-corrected chi connectivity index (χ0v) is 22.0. The lowest BCUT2D eigenvalue weighted by molar-refractivity contribution is -0.189. The Hall–Kier alpha value is -1.63. The van der Waals surface area contributed by atoms with Crippen molar-refractivity contribution >= 4 is 5.97 Å². The van der Waals surface area contributed by atoms with E-state index in [1.165, 1.54) is 56.8 Å². The third-order valence-corrected chi connectivity index (χ3v) is 7.64. The van der Waals surface area contributed by atoms with E-state index in [2.05, 4.69) is 24.7 Å². The SMILES string of the molecule is CCCCC[C@@H](CC)OC1CCCCO1.COC(=O)COc1cccc2c1CC1C[C@@H](O)C[C@H]1C2. The fraction of sp³-hybridized carbons (Fsp3) is 0.759. The van der Waals surface area contributed by atoms with E-state index in [9.17, 15) is 9.90 Å². The molecule has 0 radical (unpaired) electrons. The van der Waals surface area contributed by atoms with Crippen LogP contribution in [0.3, 0.4) is 0 Å². The summed E-state index contributed by atoms with van der Waals surface area (Å²) in [6.07, 6.45) is 13.9. The minimum Gasteiger partial charge on any atom is -0.482 e. The summed E-state index contributed by atoms with van der Waals surface area (Å²) in [4.78, 5) is 11.2. The van der Waals surface area contributed by atoms with Crippen molar-refractivity contribution in [2.45, 2.75) is 109 Å². The summed E-state index contributed by atoms with van der Waals surface area (Å²) in [7, 11) is 1.36. The number of carbonyl (C=O) groups is 1. The number of carbonyl (C=O) groups excluding carboxylic acids is 1. The Morgan fingerprint density at radius 2 is 1.94 bits per heavy atom.